The predicted octanol–water partition coefficient (Wildman–Crippen LogP) is 1.04. The Morgan fingerprint density at radius 2 is 2.44 bits per heavy atom. The Kier molecular flexibility index (Phi) is 2.83. The molecule has 0 amide bonds. The van der Waals surface area contributed by atoms with Gasteiger partial charge in [-0.2, -0.15) is 4.98 Å². The molecule has 2 N–H and O–H groups in total. The van der Waals surface area contributed by atoms with Gasteiger partial charge in [-0.1, -0.05) is 5.16 Å². The molecule has 0 unspecified atom stereocenters. The number of nitrogens with one attached hydrogen (secondary N) is 2. The molecule has 0 saturated carbocycles. The zero-order chi connectivity index (χ0) is 12.5. The van der Waals surface area contributed by atoms with Crippen molar-refractivity contribution in [3.05, 3.63) is 12.0 Å². The molecule has 0 bridgehead atoms. The van der Waals surface area contributed by atoms with Crippen LogP contribution in [0.1, 0.15) is 12.1 Å². The van der Waals surface area contributed by atoms with E-state index in [1.807, 2.05) is 6.92 Å². The highest BCUT2D eigenvalue weighted by Crippen LogP contribution is 2.22. The van der Waals surface area contributed by atoms with Crippen LogP contribution in [0.5, 0.6) is 0 Å². The van der Waals surface area contributed by atoms with E-state index >= 15 is 0 Å². The molecule has 2 aromatic heterocycles. The van der Waals surface area contributed by atoms with Gasteiger partial charge in [0.2, 0.25) is 0 Å². The van der Waals surface area contributed by atoms with E-state index in [2.05, 4.69) is 25.8 Å². The maximum Gasteiger partial charge on any atom is 0.263 e. The molecular formula is C11H14FN5O. The standard InChI is InChI=1S/C11H14FN5O/c1-6-9-10(15-5-16-11(9)18-17-6)14-4-8-2-7(12)3-13-8/h5,7-8,13H,2-4H2,1H3,(H,14,15,16)/t7-,8-/m0/s1. The number of halogens is 1. The molecule has 0 aliphatic carbocycles. The molecule has 96 valence electrons. The van der Waals surface area contributed by atoms with E-state index in [9.17, 15) is 4.39 Å². The maximum absolute atomic E-state index is 13.0. The Labute approximate surface area is 103 Å². The van der Waals surface area contributed by atoms with E-state index in [4.69, 9.17) is 4.52 Å². The zero-order valence-corrected chi connectivity index (χ0v) is 9.98. The van der Waals surface area contributed by atoms with Crippen molar-refractivity contribution in [3.63, 3.8) is 0 Å². The van der Waals surface area contributed by atoms with Gasteiger partial charge in [0.25, 0.3) is 5.71 Å². The molecule has 0 spiro atoms. The van der Waals surface area contributed by atoms with Crippen molar-refractivity contribution >= 4 is 16.9 Å². The molecule has 1 saturated heterocycles. The van der Waals surface area contributed by atoms with Crippen molar-refractivity contribution in [1.82, 2.24) is 20.4 Å². The second-order valence-corrected chi connectivity index (χ2v) is 4.49. The van der Waals surface area contributed by atoms with Crippen molar-refractivity contribution in [3.8, 4) is 0 Å². The Morgan fingerprint density at radius 1 is 1.56 bits per heavy atom. The third-order valence-corrected chi connectivity index (χ3v) is 3.13. The number of aryl methyl sites for hydroxylation is 1. The lowest BCUT2D eigenvalue weighted by Gasteiger charge is -2.11. The molecule has 3 rings (SSSR count). The fourth-order valence-electron chi connectivity index (χ4n) is 2.20. The predicted molar refractivity (Wildman–Crippen MR) is 64.1 cm³/mol. The van der Waals surface area contributed by atoms with Crippen LogP contribution in [0.4, 0.5) is 10.2 Å². The Bertz CT molecular complexity index is 557. The topological polar surface area (TPSA) is 75.9 Å². The first-order chi connectivity index (χ1) is 8.74. The van der Waals surface area contributed by atoms with Crippen LogP contribution in [-0.4, -0.2) is 40.4 Å². The van der Waals surface area contributed by atoms with Gasteiger partial charge in [0.15, 0.2) is 0 Å². The van der Waals surface area contributed by atoms with E-state index in [0.29, 0.717) is 31.0 Å². The lowest BCUT2D eigenvalue weighted by molar-refractivity contribution is 0.356. The van der Waals surface area contributed by atoms with Gasteiger partial charge in [0.05, 0.1) is 5.69 Å². The van der Waals surface area contributed by atoms with Crippen LogP contribution < -0.4 is 10.6 Å². The van der Waals surface area contributed by atoms with Gasteiger partial charge >= 0.3 is 0 Å². The minimum Gasteiger partial charge on any atom is -0.368 e. The fraction of sp³-hybridized carbons (Fsp3) is 0.545. The van der Waals surface area contributed by atoms with E-state index in [-0.39, 0.29) is 6.04 Å². The van der Waals surface area contributed by atoms with Crippen LogP contribution in [-0.2, 0) is 0 Å². The van der Waals surface area contributed by atoms with Crippen LogP contribution >= 0.6 is 0 Å². The summed E-state index contributed by atoms with van der Waals surface area (Å²) in [5, 5.41) is 10.9. The smallest absolute Gasteiger partial charge is 0.263 e. The molecule has 1 aliphatic rings. The summed E-state index contributed by atoms with van der Waals surface area (Å²) in [6.45, 7) is 2.89. The summed E-state index contributed by atoms with van der Waals surface area (Å²) in [4.78, 5) is 8.17. The number of alkyl halides is 1. The van der Waals surface area contributed by atoms with Crippen LogP contribution in [0.15, 0.2) is 10.9 Å². The molecule has 6 nitrogen and oxygen atoms in total. The normalized spacial score (nSPS) is 23.7. The number of aromatic nitrogens is 3. The highest BCUT2D eigenvalue weighted by atomic mass is 19.1. The molecular weight excluding hydrogens is 237 g/mol. The van der Waals surface area contributed by atoms with Gasteiger partial charge in [-0.15, -0.1) is 0 Å². The molecule has 18 heavy (non-hydrogen) atoms. The van der Waals surface area contributed by atoms with E-state index in [1.54, 1.807) is 0 Å². The SMILES string of the molecule is Cc1noc2ncnc(NC[C@@H]3C[C@H](F)CN3)c12. The first kappa shape index (κ1) is 11.3. The number of nitrogens with zero attached hydrogens (tertiary/aromatic N) is 3. The molecule has 2 atom stereocenters. The molecule has 1 aliphatic heterocycles. The van der Waals surface area contributed by atoms with E-state index in [1.165, 1.54) is 6.33 Å². The molecule has 1 fully saturated rings. The first-order valence-corrected chi connectivity index (χ1v) is 5.92. The lowest BCUT2D eigenvalue weighted by Crippen LogP contribution is -2.29. The highest BCUT2D eigenvalue weighted by molar-refractivity contribution is 5.87. The van der Waals surface area contributed by atoms with Crippen molar-refractivity contribution in [2.24, 2.45) is 0 Å². The number of rotatable bonds is 3. The maximum atomic E-state index is 13.0. The largest absolute Gasteiger partial charge is 0.368 e. The second kappa shape index (κ2) is 4.49. The van der Waals surface area contributed by atoms with Gasteiger partial charge < -0.3 is 15.2 Å². The quantitative estimate of drug-likeness (QED) is 0.848. The van der Waals surface area contributed by atoms with Crippen molar-refractivity contribution in [2.45, 2.75) is 25.6 Å². The number of fused-ring (bicyclic) bond motifs is 1. The van der Waals surface area contributed by atoms with Crippen LogP contribution in [0.25, 0.3) is 11.1 Å². The summed E-state index contributed by atoms with van der Waals surface area (Å²) in [7, 11) is 0. The molecule has 2 aromatic rings. The van der Waals surface area contributed by atoms with Crippen LogP contribution in [0, 0.1) is 6.92 Å². The summed E-state index contributed by atoms with van der Waals surface area (Å²) in [6, 6.07) is 0.130. The summed E-state index contributed by atoms with van der Waals surface area (Å²) in [6.07, 6.45) is 1.21. The summed E-state index contributed by atoms with van der Waals surface area (Å²) >= 11 is 0. The van der Waals surface area contributed by atoms with Gasteiger partial charge in [-0.25, -0.2) is 9.37 Å². The average Bonchev–Trinajstić information content (AvgIpc) is 2.94. The highest BCUT2D eigenvalue weighted by Gasteiger charge is 2.23. The zero-order valence-electron chi connectivity index (χ0n) is 9.98. The molecule has 0 aromatic carbocycles. The molecule has 3 heterocycles. The summed E-state index contributed by atoms with van der Waals surface area (Å²) in [5.41, 5.74) is 1.21. The number of anilines is 1. The lowest BCUT2D eigenvalue weighted by atomic mass is 10.2. The average molecular weight is 251 g/mol. The Balaban J connectivity index is 1.76. The second-order valence-electron chi connectivity index (χ2n) is 4.49. The number of hydrogen-bond donors (Lipinski definition) is 2. The minimum absolute atomic E-state index is 0.130. The summed E-state index contributed by atoms with van der Waals surface area (Å²) < 4.78 is 18.1. The third kappa shape index (κ3) is 2.01. The number of hydrogen-bond acceptors (Lipinski definition) is 6. The Hall–Kier alpha value is -1.76. The van der Waals surface area contributed by atoms with Crippen molar-refractivity contribution in [2.75, 3.05) is 18.4 Å². The fourth-order valence-corrected chi connectivity index (χ4v) is 2.20. The van der Waals surface area contributed by atoms with Crippen LogP contribution in [0.3, 0.4) is 0 Å². The van der Waals surface area contributed by atoms with Crippen molar-refractivity contribution < 1.29 is 8.91 Å². The van der Waals surface area contributed by atoms with Gasteiger partial charge in [-0.05, 0) is 13.3 Å². The monoisotopic (exact) mass is 251 g/mol. The van der Waals surface area contributed by atoms with Crippen molar-refractivity contribution in [1.29, 1.82) is 0 Å². The van der Waals surface area contributed by atoms with Gasteiger partial charge in [0.1, 0.15) is 23.7 Å². The molecule has 0 radical (unpaired) electrons. The molecule has 7 heteroatoms. The van der Waals surface area contributed by atoms with E-state index < -0.39 is 6.17 Å². The van der Waals surface area contributed by atoms with E-state index in [0.717, 1.165) is 11.1 Å². The Morgan fingerprint density at radius 3 is 3.22 bits per heavy atom. The van der Waals surface area contributed by atoms with Crippen LogP contribution in [0.2, 0.25) is 0 Å². The van der Waals surface area contributed by atoms with Gasteiger partial charge in [-0.3, -0.25) is 0 Å². The third-order valence-electron chi connectivity index (χ3n) is 3.13. The summed E-state index contributed by atoms with van der Waals surface area (Å²) in [5.74, 6) is 0.683. The minimum atomic E-state index is -0.750. The first-order valence-electron chi connectivity index (χ1n) is 5.92. The van der Waals surface area contributed by atoms with Gasteiger partial charge in [0, 0.05) is 19.1 Å².